The largest absolute Gasteiger partial charge is 0.437 e. The number of hydrogen-bond donors (Lipinski definition) is 2. The van der Waals surface area contributed by atoms with Crippen molar-refractivity contribution in [2.75, 3.05) is 6.54 Å². The molecule has 0 bridgehead atoms. The summed E-state index contributed by atoms with van der Waals surface area (Å²) in [6.07, 6.45) is 5.36. The highest BCUT2D eigenvalue weighted by Crippen LogP contribution is 2.24. The van der Waals surface area contributed by atoms with E-state index in [2.05, 4.69) is 10.3 Å². The maximum Gasteiger partial charge on any atom is 0.244 e. The highest BCUT2D eigenvalue weighted by atomic mass is 16.3. The fourth-order valence-electron chi connectivity index (χ4n) is 2.65. The molecule has 2 unspecified atom stereocenters. The average Bonchev–Trinajstić information content (AvgIpc) is 3.08. The lowest BCUT2D eigenvalue weighted by atomic mass is 10.1. The molecular formula is C16H18N2O3. The lowest BCUT2D eigenvalue weighted by Gasteiger charge is -2.08. The van der Waals surface area contributed by atoms with E-state index in [0.29, 0.717) is 23.9 Å². The lowest BCUT2D eigenvalue weighted by Crippen LogP contribution is -2.26. The Labute approximate surface area is 122 Å². The number of para-hydroxylation sites is 2. The third kappa shape index (κ3) is 3.49. The van der Waals surface area contributed by atoms with Crippen LogP contribution in [0.1, 0.15) is 25.2 Å². The van der Waals surface area contributed by atoms with Crippen LogP contribution in [0.15, 0.2) is 34.8 Å². The fourth-order valence-corrected chi connectivity index (χ4v) is 2.65. The van der Waals surface area contributed by atoms with E-state index in [-0.39, 0.29) is 12.0 Å². The molecule has 2 atom stereocenters. The van der Waals surface area contributed by atoms with Crippen molar-refractivity contribution in [2.45, 2.75) is 25.4 Å². The van der Waals surface area contributed by atoms with Gasteiger partial charge in [-0.05, 0) is 37.3 Å². The summed E-state index contributed by atoms with van der Waals surface area (Å²) in [7, 11) is 0. The summed E-state index contributed by atoms with van der Waals surface area (Å²) >= 11 is 0. The first-order valence-electron chi connectivity index (χ1n) is 7.20. The van der Waals surface area contributed by atoms with Crippen molar-refractivity contribution in [2.24, 2.45) is 5.92 Å². The van der Waals surface area contributed by atoms with Crippen LogP contribution >= 0.6 is 0 Å². The van der Waals surface area contributed by atoms with Crippen molar-refractivity contribution in [3.8, 4) is 0 Å². The number of aromatic nitrogens is 1. The molecular weight excluding hydrogens is 268 g/mol. The number of hydrogen-bond acceptors (Lipinski definition) is 4. The number of benzene rings is 1. The molecule has 1 aliphatic rings. The number of aliphatic hydroxyl groups is 1. The van der Waals surface area contributed by atoms with Gasteiger partial charge in [0, 0.05) is 18.7 Å². The van der Waals surface area contributed by atoms with E-state index in [1.165, 1.54) is 6.08 Å². The monoisotopic (exact) mass is 286 g/mol. The van der Waals surface area contributed by atoms with Crippen molar-refractivity contribution in [3.05, 3.63) is 36.2 Å². The summed E-state index contributed by atoms with van der Waals surface area (Å²) in [5.74, 6) is 0.628. The van der Waals surface area contributed by atoms with Crippen LogP contribution in [0.2, 0.25) is 0 Å². The topological polar surface area (TPSA) is 75.4 Å². The third-order valence-corrected chi connectivity index (χ3v) is 3.77. The van der Waals surface area contributed by atoms with Crippen LogP contribution in [0.5, 0.6) is 0 Å². The lowest BCUT2D eigenvalue weighted by molar-refractivity contribution is -0.116. The van der Waals surface area contributed by atoms with Crippen molar-refractivity contribution in [1.82, 2.24) is 10.3 Å². The van der Waals surface area contributed by atoms with Crippen LogP contribution in [0, 0.1) is 5.92 Å². The van der Waals surface area contributed by atoms with Gasteiger partial charge in [-0.1, -0.05) is 12.1 Å². The minimum atomic E-state index is -0.206. The first-order chi connectivity index (χ1) is 10.2. The Kier molecular flexibility index (Phi) is 4.01. The molecule has 0 spiro atoms. The molecule has 5 nitrogen and oxygen atoms in total. The molecule has 1 saturated carbocycles. The molecule has 2 N–H and O–H groups in total. The molecule has 5 heteroatoms. The Balaban J connectivity index is 1.54. The molecule has 3 rings (SSSR count). The van der Waals surface area contributed by atoms with Crippen LogP contribution in [0.3, 0.4) is 0 Å². The summed E-state index contributed by atoms with van der Waals surface area (Å²) in [5.41, 5.74) is 1.48. The number of carbonyl (C=O) groups excluding carboxylic acids is 1. The maximum absolute atomic E-state index is 11.7. The van der Waals surface area contributed by atoms with Crippen molar-refractivity contribution < 1.29 is 14.3 Å². The van der Waals surface area contributed by atoms with Gasteiger partial charge in [0.1, 0.15) is 5.52 Å². The first kappa shape index (κ1) is 13.8. The molecule has 0 aliphatic heterocycles. The van der Waals surface area contributed by atoms with E-state index in [0.717, 1.165) is 24.8 Å². The summed E-state index contributed by atoms with van der Waals surface area (Å²) < 4.78 is 5.50. The molecule has 1 aliphatic carbocycles. The van der Waals surface area contributed by atoms with E-state index < -0.39 is 0 Å². The van der Waals surface area contributed by atoms with E-state index >= 15 is 0 Å². The molecule has 1 aromatic heterocycles. The molecule has 1 amide bonds. The van der Waals surface area contributed by atoms with Gasteiger partial charge in [-0.3, -0.25) is 4.79 Å². The van der Waals surface area contributed by atoms with E-state index in [4.69, 9.17) is 4.42 Å². The Morgan fingerprint density at radius 2 is 2.29 bits per heavy atom. The first-order valence-corrected chi connectivity index (χ1v) is 7.20. The Hall–Kier alpha value is -2.14. The van der Waals surface area contributed by atoms with Gasteiger partial charge >= 0.3 is 0 Å². The predicted octanol–water partition coefficient (Wildman–Crippen LogP) is 2.12. The van der Waals surface area contributed by atoms with E-state index in [1.54, 1.807) is 6.08 Å². The molecule has 0 saturated heterocycles. The molecule has 0 radical (unpaired) electrons. The number of nitrogens with zero attached hydrogens (tertiary/aromatic N) is 1. The summed E-state index contributed by atoms with van der Waals surface area (Å²) in [6, 6.07) is 7.47. The van der Waals surface area contributed by atoms with E-state index in [9.17, 15) is 9.90 Å². The van der Waals surface area contributed by atoms with Gasteiger partial charge in [-0.2, -0.15) is 0 Å². The minimum Gasteiger partial charge on any atom is -0.437 e. The predicted molar refractivity (Wildman–Crippen MR) is 79.4 cm³/mol. The minimum absolute atomic E-state index is 0.168. The van der Waals surface area contributed by atoms with Gasteiger partial charge in [0.05, 0.1) is 6.10 Å². The Morgan fingerprint density at radius 3 is 3.05 bits per heavy atom. The second-order valence-corrected chi connectivity index (χ2v) is 5.43. The molecule has 1 heterocycles. The number of carbonyl (C=O) groups is 1. The number of oxazole rings is 1. The molecule has 21 heavy (non-hydrogen) atoms. The van der Waals surface area contributed by atoms with E-state index in [1.807, 2.05) is 24.3 Å². The molecule has 110 valence electrons. The summed E-state index contributed by atoms with van der Waals surface area (Å²) in [5, 5.41) is 12.3. The van der Waals surface area contributed by atoms with Crippen molar-refractivity contribution in [1.29, 1.82) is 0 Å². The number of fused-ring (bicyclic) bond motifs is 1. The summed E-state index contributed by atoms with van der Waals surface area (Å²) in [6.45, 7) is 0.605. The zero-order chi connectivity index (χ0) is 14.7. The SMILES string of the molecule is O=C(/C=C/c1nc2ccccc2o1)NCC1CCC(O)C1. The van der Waals surface area contributed by atoms with Crippen molar-refractivity contribution >= 4 is 23.1 Å². The number of amides is 1. The zero-order valence-corrected chi connectivity index (χ0v) is 11.7. The van der Waals surface area contributed by atoms with Gasteiger partial charge in [-0.25, -0.2) is 4.98 Å². The standard InChI is InChI=1S/C16H18N2O3/c19-12-6-5-11(9-12)10-17-15(20)7-8-16-18-13-3-1-2-4-14(13)21-16/h1-4,7-8,11-12,19H,5-6,9-10H2,(H,17,20)/b8-7+. The zero-order valence-electron chi connectivity index (χ0n) is 11.7. The number of aliphatic hydroxyl groups excluding tert-OH is 1. The smallest absolute Gasteiger partial charge is 0.244 e. The van der Waals surface area contributed by atoms with Crippen LogP contribution in [0.4, 0.5) is 0 Å². The summed E-state index contributed by atoms with van der Waals surface area (Å²) in [4.78, 5) is 16.0. The highest BCUT2D eigenvalue weighted by molar-refractivity contribution is 5.91. The Bertz CT molecular complexity index is 629. The third-order valence-electron chi connectivity index (χ3n) is 3.77. The van der Waals surface area contributed by atoms with Crippen molar-refractivity contribution in [3.63, 3.8) is 0 Å². The second kappa shape index (κ2) is 6.10. The van der Waals surface area contributed by atoms with Crippen LogP contribution < -0.4 is 5.32 Å². The Morgan fingerprint density at radius 1 is 1.43 bits per heavy atom. The van der Waals surface area contributed by atoms with Gasteiger partial charge in [0.25, 0.3) is 0 Å². The fraction of sp³-hybridized carbons (Fsp3) is 0.375. The second-order valence-electron chi connectivity index (χ2n) is 5.43. The quantitative estimate of drug-likeness (QED) is 0.844. The normalized spacial score (nSPS) is 22.1. The maximum atomic E-state index is 11.7. The molecule has 2 aromatic rings. The number of rotatable bonds is 4. The number of nitrogens with one attached hydrogen (secondary N) is 1. The van der Waals surface area contributed by atoms with Gasteiger partial charge in [-0.15, -0.1) is 0 Å². The van der Waals surface area contributed by atoms with Gasteiger partial charge in [0.2, 0.25) is 11.8 Å². The molecule has 1 aromatic carbocycles. The van der Waals surface area contributed by atoms with Gasteiger partial charge in [0.15, 0.2) is 5.58 Å². The molecule has 1 fully saturated rings. The van der Waals surface area contributed by atoms with Crippen LogP contribution in [-0.2, 0) is 4.79 Å². The highest BCUT2D eigenvalue weighted by Gasteiger charge is 2.22. The average molecular weight is 286 g/mol. The van der Waals surface area contributed by atoms with Crippen LogP contribution in [-0.4, -0.2) is 28.6 Å². The van der Waals surface area contributed by atoms with Gasteiger partial charge < -0.3 is 14.8 Å². The van der Waals surface area contributed by atoms with Crippen LogP contribution in [0.25, 0.3) is 17.2 Å².